The van der Waals surface area contributed by atoms with Gasteiger partial charge < -0.3 is 15.4 Å². The maximum atomic E-state index is 12.2. The number of amides is 2. The summed E-state index contributed by atoms with van der Waals surface area (Å²) in [7, 11) is 0. The molecule has 1 heterocycles. The predicted octanol–water partition coefficient (Wildman–Crippen LogP) is 3.78. The monoisotopic (exact) mass is 408 g/mol. The molecule has 0 aliphatic rings. The Morgan fingerprint density at radius 3 is 2.52 bits per heavy atom. The summed E-state index contributed by atoms with van der Waals surface area (Å²) < 4.78 is 5.07. The van der Waals surface area contributed by atoms with Crippen LogP contribution >= 0.6 is 11.3 Å². The van der Waals surface area contributed by atoms with Crippen molar-refractivity contribution in [3.8, 4) is 0 Å². The minimum atomic E-state index is -0.636. The number of aryl methyl sites for hydroxylation is 1. The number of hydrogen-bond donors (Lipinski definition) is 2. The Hall–Kier alpha value is -3.45. The second-order valence-electron chi connectivity index (χ2n) is 6.35. The molecule has 0 bridgehead atoms. The number of carbonyl (C=O) groups excluding carboxylic acids is 3. The number of carbonyl (C=O) groups is 3. The molecule has 3 aromatic rings. The number of thiophene rings is 1. The zero-order chi connectivity index (χ0) is 20.6. The van der Waals surface area contributed by atoms with Crippen molar-refractivity contribution in [1.29, 1.82) is 0 Å². The number of anilines is 1. The van der Waals surface area contributed by atoms with Gasteiger partial charge in [0.15, 0.2) is 6.61 Å². The van der Waals surface area contributed by atoms with Crippen molar-refractivity contribution in [2.45, 2.75) is 13.5 Å². The van der Waals surface area contributed by atoms with Gasteiger partial charge in [-0.1, -0.05) is 42.0 Å². The topological polar surface area (TPSA) is 84.5 Å². The van der Waals surface area contributed by atoms with Crippen LogP contribution in [0, 0.1) is 6.92 Å². The summed E-state index contributed by atoms with van der Waals surface area (Å²) in [5, 5.41) is 7.25. The molecule has 6 nitrogen and oxygen atoms in total. The van der Waals surface area contributed by atoms with Crippen LogP contribution in [0.2, 0.25) is 0 Å². The van der Waals surface area contributed by atoms with E-state index < -0.39 is 5.97 Å². The van der Waals surface area contributed by atoms with E-state index in [9.17, 15) is 14.4 Å². The summed E-state index contributed by atoms with van der Waals surface area (Å²) in [5.74, 6) is -1.27. The fourth-order valence-corrected chi connectivity index (χ4v) is 3.12. The molecule has 2 N–H and O–H groups in total. The van der Waals surface area contributed by atoms with Crippen LogP contribution in [-0.2, 0) is 16.1 Å². The van der Waals surface area contributed by atoms with Crippen molar-refractivity contribution in [1.82, 2.24) is 5.32 Å². The lowest BCUT2D eigenvalue weighted by Gasteiger charge is -2.08. The van der Waals surface area contributed by atoms with E-state index in [4.69, 9.17) is 4.74 Å². The number of rotatable bonds is 7. The smallest absolute Gasteiger partial charge is 0.338 e. The lowest BCUT2D eigenvalue weighted by molar-refractivity contribution is -0.124. The van der Waals surface area contributed by atoms with Crippen molar-refractivity contribution in [3.05, 3.63) is 87.6 Å². The van der Waals surface area contributed by atoms with Gasteiger partial charge in [0, 0.05) is 12.2 Å². The third-order valence-corrected chi connectivity index (χ3v) is 4.91. The van der Waals surface area contributed by atoms with Gasteiger partial charge >= 0.3 is 5.97 Å². The minimum Gasteiger partial charge on any atom is -0.452 e. The molecule has 0 saturated heterocycles. The molecular formula is C22H20N2O4S. The largest absolute Gasteiger partial charge is 0.452 e. The molecule has 148 valence electrons. The van der Waals surface area contributed by atoms with Gasteiger partial charge in [-0.2, -0.15) is 0 Å². The Kier molecular flexibility index (Phi) is 6.76. The van der Waals surface area contributed by atoms with Crippen LogP contribution in [-0.4, -0.2) is 24.4 Å². The number of ether oxygens (including phenoxy) is 1. The summed E-state index contributed by atoms with van der Waals surface area (Å²) in [6.45, 7) is 1.97. The highest BCUT2D eigenvalue weighted by molar-refractivity contribution is 7.12. The zero-order valence-electron chi connectivity index (χ0n) is 15.8. The van der Waals surface area contributed by atoms with Gasteiger partial charge in [0.05, 0.1) is 10.4 Å². The Bertz CT molecular complexity index is 998. The first kappa shape index (κ1) is 20.3. The number of hydrogen-bond acceptors (Lipinski definition) is 5. The Labute approximate surface area is 172 Å². The lowest BCUT2D eigenvalue weighted by Crippen LogP contribution is -2.28. The Balaban J connectivity index is 1.49. The van der Waals surface area contributed by atoms with E-state index in [1.807, 2.05) is 36.6 Å². The molecule has 3 rings (SSSR count). The van der Waals surface area contributed by atoms with Crippen LogP contribution in [0.4, 0.5) is 5.69 Å². The highest BCUT2D eigenvalue weighted by Crippen LogP contribution is 2.15. The van der Waals surface area contributed by atoms with Crippen molar-refractivity contribution in [2.75, 3.05) is 11.9 Å². The van der Waals surface area contributed by atoms with E-state index in [0.29, 0.717) is 17.1 Å². The summed E-state index contributed by atoms with van der Waals surface area (Å²) in [6, 6.07) is 17.7. The first-order chi connectivity index (χ1) is 14.0. The summed E-state index contributed by atoms with van der Waals surface area (Å²) in [4.78, 5) is 36.8. The van der Waals surface area contributed by atoms with Gasteiger partial charge in [-0.15, -0.1) is 11.3 Å². The van der Waals surface area contributed by atoms with Crippen LogP contribution < -0.4 is 10.6 Å². The standard InChI is InChI=1S/C22H20N2O4S/c1-15-7-9-16(10-8-15)13-23-20(25)14-28-22(27)17-4-2-5-18(12-17)24-21(26)19-6-3-11-29-19/h2-12H,13-14H2,1H3,(H,23,25)(H,24,26). The molecule has 0 spiro atoms. The molecule has 0 unspecified atom stereocenters. The van der Waals surface area contributed by atoms with Crippen molar-refractivity contribution in [3.63, 3.8) is 0 Å². The molecule has 29 heavy (non-hydrogen) atoms. The average Bonchev–Trinajstić information content (AvgIpc) is 3.27. The third-order valence-electron chi connectivity index (χ3n) is 4.05. The highest BCUT2D eigenvalue weighted by atomic mass is 32.1. The maximum Gasteiger partial charge on any atom is 0.338 e. The van der Waals surface area contributed by atoms with E-state index >= 15 is 0 Å². The SMILES string of the molecule is Cc1ccc(CNC(=O)COC(=O)c2cccc(NC(=O)c3cccs3)c2)cc1. The van der Waals surface area contributed by atoms with E-state index in [2.05, 4.69) is 10.6 Å². The van der Waals surface area contributed by atoms with Crippen molar-refractivity contribution >= 4 is 34.8 Å². The predicted molar refractivity (Wildman–Crippen MR) is 112 cm³/mol. The first-order valence-electron chi connectivity index (χ1n) is 8.95. The molecule has 2 aromatic carbocycles. The first-order valence-corrected chi connectivity index (χ1v) is 9.83. The van der Waals surface area contributed by atoms with Crippen molar-refractivity contribution < 1.29 is 19.1 Å². The maximum absolute atomic E-state index is 12.2. The fraction of sp³-hybridized carbons (Fsp3) is 0.136. The molecule has 0 fully saturated rings. The number of nitrogens with one attached hydrogen (secondary N) is 2. The quantitative estimate of drug-likeness (QED) is 0.583. The summed E-state index contributed by atoms with van der Waals surface area (Å²) in [5.41, 5.74) is 2.83. The van der Waals surface area contributed by atoms with Crippen LogP contribution in [0.25, 0.3) is 0 Å². The van der Waals surface area contributed by atoms with Crippen LogP contribution in [0.3, 0.4) is 0 Å². The van der Waals surface area contributed by atoms with Crippen molar-refractivity contribution in [2.24, 2.45) is 0 Å². The summed E-state index contributed by atoms with van der Waals surface area (Å²) in [6.07, 6.45) is 0. The molecule has 0 atom stereocenters. The second-order valence-corrected chi connectivity index (χ2v) is 7.30. The van der Waals surface area contributed by atoms with E-state index in [-0.39, 0.29) is 24.0 Å². The third kappa shape index (κ3) is 6.02. The summed E-state index contributed by atoms with van der Waals surface area (Å²) >= 11 is 1.33. The highest BCUT2D eigenvalue weighted by Gasteiger charge is 2.12. The van der Waals surface area contributed by atoms with Crippen LogP contribution in [0.1, 0.15) is 31.2 Å². The molecule has 1 aromatic heterocycles. The molecule has 2 amide bonds. The minimum absolute atomic E-state index is 0.249. The van der Waals surface area contributed by atoms with Gasteiger partial charge in [-0.3, -0.25) is 9.59 Å². The van der Waals surface area contributed by atoms with Gasteiger partial charge in [-0.25, -0.2) is 4.79 Å². The van der Waals surface area contributed by atoms with E-state index in [1.54, 1.807) is 30.3 Å². The second kappa shape index (κ2) is 9.66. The molecule has 7 heteroatoms. The average molecular weight is 408 g/mol. The van der Waals surface area contributed by atoms with Crippen LogP contribution in [0.15, 0.2) is 66.0 Å². The number of benzene rings is 2. The lowest BCUT2D eigenvalue weighted by atomic mass is 10.1. The molecule has 0 saturated carbocycles. The zero-order valence-corrected chi connectivity index (χ0v) is 16.6. The number of esters is 1. The van der Waals surface area contributed by atoms with Crippen LogP contribution in [0.5, 0.6) is 0 Å². The van der Waals surface area contributed by atoms with E-state index in [0.717, 1.165) is 11.1 Å². The molecule has 0 aliphatic heterocycles. The Morgan fingerprint density at radius 2 is 1.79 bits per heavy atom. The normalized spacial score (nSPS) is 10.2. The Morgan fingerprint density at radius 1 is 1.00 bits per heavy atom. The van der Waals surface area contributed by atoms with Gasteiger partial charge in [-0.05, 0) is 42.1 Å². The molecule has 0 aliphatic carbocycles. The van der Waals surface area contributed by atoms with Gasteiger partial charge in [0.2, 0.25) is 0 Å². The molecular weight excluding hydrogens is 388 g/mol. The van der Waals surface area contributed by atoms with Gasteiger partial charge in [0.1, 0.15) is 0 Å². The van der Waals surface area contributed by atoms with Gasteiger partial charge in [0.25, 0.3) is 11.8 Å². The van der Waals surface area contributed by atoms with E-state index in [1.165, 1.54) is 17.4 Å². The molecule has 0 radical (unpaired) electrons. The fourth-order valence-electron chi connectivity index (χ4n) is 2.50.